The lowest BCUT2D eigenvalue weighted by Gasteiger charge is -2.22. The number of carbonyl (C=O) groups excluding carboxylic acids is 1. The summed E-state index contributed by atoms with van der Waals surface area (Å²) in [6, 6.07) is 5.11. The van der Waals surface area contributed by atoms with Gasteiger partial charge in [0.15, 0.2) is 11.5 Å². The van der Waals surface area contributed by atoms with Gasteiger partial charge in [-0.3, -0.25) is 14.6 Å². The minimum Gasteiger partial charge on any atom is -0.481 e. The van der Waals surface area contributed by atoms with Gasteiger partial charge in [-0.15, -0.1) is 0 Å². The fourth-order valence-corrected chi connectivity index (χ4v) is 2.13. The largest absolute Gasteiger partial charge is 0.481 e. The van der Waals surface area contributed by atoms with Crippen molar-refractivity contribution in [3.63, 3.8) is 0 Å². The molecule has 0 bridgehead atoms. The fraction of sp³-hybridized carbons (Fsp3) is 0.375. The van der Waals surface area contributed by atoms with Gasteiger partial charge in [-0.25, -0.2) is 0 Å². The molecule has 0 aromatic carbocycles. The summed E-state index contributed by atoms with van der Waals surface area (Å²) in [6.45, 7) is 4.53. The molecule has 0 spiro atoms. The summed E-state index contributed by atoms with van der Waals surface area (Å²) < 4.78 is 5.20. The molecule has 0 aliphatic heterocycles. The molecule has 1 amide bonds. The second-order valence-electron chi connectivity index (χ2n) is 5.61. The molecule has 0 unspecified atom stereocenters. The first-order valence-electron chi connectivity index (χ1n) is 7.35. The normalized spacial score (nSPS) is 10.7. The third kappa shape index (κ3) is 4.64. The number of rotatable bonds is 7. The maximum atomic E-state index is 12.5. The van der Waals surface area contributed by atoms with E-state index < -0.39 is 5.97 Å². The minimum absolute atomic E-state index is 0.105. The highest BCUT2D eigenvalue weighted by Crippen LogP contribution is 2.20. The van der Waals surface area contributed by atoms with Crippen molar-refractivity contribution in [2.75, 3.05) is 13.1 Å². The van der Waals surface area contributed by atoms with E-state index in [-0.39, 0.29) is 30.5 Å². The van der Waals surface area contributed by atoms with Crippen LogP contribution in [0.25, 0.3) is 11.3 Å². The molecule has 0 saturated heterocycles. The van der Waals surface area contributed by atoms with Crippen molar-refractivity contribution in [1.29, 1.82) is 0 Å². The Bertz CT molecular complexity index is 667. The molecule has 122 valence electrons. The monoisotopic (exact) mass is 317 g/mol. The van der Waals surface area contributed by atoms with Crippen LogP contribution in [0.15, 0.2) is 35.1 Å². The van der Waals surface area contributed by atoms with Gasteiger partial charge in [0.25, 0.3) is 5.91 Å². The Morgan fingerprint density at radius 3 is 2.78 bits per heavy atom. The van der Waals surface area contributed by atoms with Crippen LogP contribution in [0.5, 0.6) is 0 Å². The predicted octanol–water partition coefficient (Wildman–Crippen LogP) is 2.31. The van der Waals surface area contributed by atoms with Crippen LogP contribution in [0.1, 0.15) is 30.8 Å². The molecule has 1 N–H and O–H groups in total. The van der Waals surface area contributed by atoms with Gasteiger partial charge < -0.3 is 14.5 Å². The minimum atomic E-state index is -0.942. The Hall–Kier alpha value is -2.70. The van der Waals surface area contributed by atoms with E-state index in [2.05, 4.69) is 10.1 Å². The molecule has 2 heterocycles. The molecule has 7 heteroatoms. The van der Waals surface area contributed by atoms with Crippen LogP contribution in [-0.2, 0) is 4.79 Å². The zero-order valence-corrected chi connectivity index (χ0v) is 13.1. The Kier molecular flexibility index (Phi) is 5.46. The molecule has 0 aliphatic rings. The van der Waals surface area contributed by atoms with Crippen molar-refractivity contribution in [2.45, 2.75) is 20.3 Å². The van der Waals surface area contributed by atoms with Gasteiger partial charge in [0.05, 0.1) is 6.42 Å². The van der Waals surface area contributed by atoms with Crippen molar-refractivity contribution in [2.24, 2.45) is 5.92 Å². The highest BCUT2D eigenvalue weighted by molar-refractivity contribution is 5.93. The lowest BCUT2D eigenvalue weighted by molar-refractivity contribution is -0.137. The van der Waals surface area contributed by atoms with Gasteiger partial charge in [-0.05, 0) is 18.1 Å². The lowest BCUT2D eigenvalue weighted by atomic mass is 10.1. The van der Waals surface area contributed by atoms with E-state index >= 15 is 0 Å². The SMILES string of the molecule is CC(C)CN(CCC(=O)O)C(=O)c1cc(-c2cccnc2)on1. The van der Waals surface area contributed by atoms with E-state index in [1.54, 1.807) is 30.6 Å². The number of aliphatic carboxylic acids is 1. The van der Waals surface area contributed by atoms with Gasteiger partial charge in [-0.1, -0.05) is 19.0 Å². The van der Waals surface area contributed by atoms with Crippen molar-refractivity contribution < 1.29 is 19.2 Å². The van der Waals surface area contributed by atoms with Crippen molar-refractivity contribution >= 4 is 11.9 Å². The zero-order valence-electron chi connectivity index (χ0n) is 13.1. The van der Waals surface area contributed by atoms with E-state index in [1.165, 1.54) is 4.90 Å². The van der Waals surface area contributed by atoms with Gasteiger partial charge in [-0.2, -0.15) is 0 Å². The third-order valence-corrected chi connectivity index (χ3v) is 3.14. The molecule has 0 aliphatic carbocycles. The van der Waals surface area contributed by atoms with Gasteiger partial charge in [0, 0.05) is 37.1 Å². The number of hydrogen-bond donors (Lipinski definition) is 1. The quantitative estimate of drug-likeness (QED) is 0.841. The van der Waals surface area contributed by atoms with Crippen molar-refractivity contribution in [3.05, 3.63) is 36.3 Å². The number of carboxylic acid groups (broad SMARTS) is 1. The van der Waals surface area contributed by atoms with Crippen LogP contribution in [-0.4, -0.2) is 45.1 Å². The molecule has 0 fully saturated rings. The molecular weight excluding hydrogens is 298 g/mol. The Balaban J connectivity index is 2.16. The molecule has 2 aromatic heterocycles. The van der Waals surface area contributed by atoms with E-state index in [9.17, 15) is 9.59 Å². The van der Waals surface area contributed by atoms with Gasteiger partial charge in [0.2, 0.25) is 0 Å². The van der Waals surface area contributed by atoms with Crippen molar-refractivity contribution in [1.82, 2.24) is 15.0 Å². The van der Waals surface area contributed by atoms with Gasteiger partial charge >= 0.3 is 5.97 Å². The summed E-state index contributed by atoms with van der Waals surface area (Å²) in [6.07, 6.45) is 3.15. The number of carboxylic acids is 1. The molecular formula is C16H19N3O4. The summed E-state index contributed by atoms with van der Waals surface area (Å²) in [4.78, 5) is 28.8. The molecule has 0 saturated carbocycles. The average molecular weight is 317 g/mol. The third-order valence-electron chi connectivity index (χ3n) is 3.14. The van der Waals surface area contributed by atoms with Crippen molar-refractivity contribution in [3.8, 4) is 11.3 Å². The Morgan fingerprint density at radius 1 is 1.39 bits per heavy atom. The summed E-state index contributed by atoms with van der Waals surface area (Å²) >= 11 is 0. The van der Waals surface area contributed by atoms with Crippen LogP contribution in [0.3, 0.4) is 0 Å². The maximum absolute atomic E-state index is 12.5. The first-order valence-corrected chi connectivity index (χ1v) is 7.35. The smallest absolute Gasteiger partial charge is 0.305 e. The average Bonchev–Trinajstić information content (AvgIpc) is 3.01. The highest BCUT2D eigenvalue weighted by Gasteiger charge is 2.21. The Labute approximate surface area is 133 Å². The molecule has 23 heavy (non-hydrogen) atoms. The number of amides is 1. The first-order chi connectivity index (χ1) is 11.0. The van der Waals surface area contributed by atoms with E-state index in [4.69, 9.17) is 9.63 Å². The lowest BCUT2D eigenvalue weighted by Crippen LogP contribution is -2.36. The zero-order chi connectivity index (χ0) is 16.8. The number of nitrogens with zero attached hydrogens (tertiary/aromatic N) is 3. The van der Waals surface area contributed by atoms with Gasteiger partial charge in [0.1, 0.15) is 0 Å². The molecule has 7 nitrogen and oxygen atoms in total. The number of aromatic nitrogens is 2. The second-order valence-corrected chi connectivity index (χ2v) is 5.61. The summed E-state index contributed by atoms with van der Waals surface area (Å²) in [5, 5.41) is 12.6. The molecule has 0 radical (unpaired) electrons. The van der Waals surface area contributed by atoms with E-state index in [0.29, 0.717) is 12.3 Å². The molecule has 2 aromatic rings. The van der Waals surface area contributed by atoms with Crippen LogP contribution in [0.4, 0.5) is 0 Å². The predicted molar refractivity (Wildman–Crippen MR) is 82.7 cm³/mol. The molecule has 0 atom stereocenters. The summed E-state index contributed by atoms with van der Waals surface area (Å²) in [7, 11) is 0. The van der Waals surface area contributed by atoms with Crippen LogP contribution >= 0.6 is 0 Å². The van der Waals surface area contributed by atoms with Crippen LogP contribution in [0, 0.1) is 5.92 Å². The second kappa shape index (κ2) is 7.53. The fourth-order valence-electron chi connectivity index (χ4n) is 2.13. The van der Waals surface area contributed by atoms with E-state index in [1.807, 2.05) is 13.8 Å². The topological polar surface area (TPSA) is 96.5 Å². The number of hydrogen-bond acceptors (Lipinski definition) is 5. The summed E-state index contributed by atoms with van der Waals surface area (Å²) in [5.41, 5.74) is 0.884. The molecule has 2 rings (SSSR count). The van der Waals surface area contributed by atoms with E-state index in [0.717, 1.165) is 5.56 Å². The standard InChI is InChI=1S/C16H19N3O4/c1-11(2)10-19(7-5-15(20)21)16(22)13-8-14(23-18-13)12-4-3-6-17-9-12/h3-4,6,8-9,11H,5,7,10H2,1-2H3,(H,20,21). The Morgan fingerprint density at radius 2 is 2.17 bits per heavy atom. The van der Waals surface area contributed by atoms with Crippen LogP contribution in [0.2, 0.25) is 0 Å². The maximum Gasteiger partial charge on any atom is 0.305 e. The van der Waals surface area contributed by atoms with Crippen LogP contribution < -0.4 is 0 Å². The number of pyridine rings is 1. The highest BCUT2D eigenvalue weighted by atomic mass is 16.5. The summed E-state index contributed by atoms with van der Waals surface area (Å²) in [5.74, 6) is -0.608. The first kappa shape index (κ1) is 16.7. The number of carbonyl (C=O) groups is 2.